The first-order valence-electron chi connectivity index (χ1n) is 11.8. The highest BCUT2D eigenvalue weighted by atomic mass is 32.1. The molecule has 2 aliphatic rings. The Morgan fingerprint density at radius 2 is 2.15 bits per heavy atom. The number of hydrogen-bond acceptors (Lipinski definition) is 6. The van der Waals surface area contributed by atoms with Gasteiger partial charge in [-0.15, -0.1) is 11.3 Å². The molecule has 6 nitrogen and oxygen atoms in total. The van der Waals surface area contributed by atoms with Crippen LogP contribution >= 0.6 is 11.3 Å². The molecule has 0 bridgehead atoms. The number of ether oxygens (including phenoxy) is 1. The van der Waals surface area contributed by atoms with Gasteiger partial charge in [0.2, 0.25) is 0 Å². The van der Waals surface area contributed by atoms with Gasteiger partial charge in [0.1, 0.15) is 10.6 Å². The van der Waals surface area contributed by atoms with Crippen LogP contribution in [0, 0.1) is 5.92 Å². The number of carbonyl (C=O) groups is 1. The number of likely N-dealkylation sites (tertiary alicyclic amines) is 1. The molecule has 1 amide bonds. The van der Waals surface area contributed by atoms with Crippen LogP contribution in [0.15, 0.2) is 48.5 Å². The van der Waals surface area contributed by atoms with Crippen molar-refractivity contribution in [3.05, 3.63) is 59.6 Å². The summed E-state index contributed by atoms with van der Waals surface area (Å²) in [4.78, 5) is 20.4. The Labute approximate surface area is 200 Å². The normalized spacial score (nSPS) is 20.8. The number of nitrogens with one attached hydrogen (secondary N) is 1. The third kappa shape index (κ3) is 5.14. The summed E-state index contributed by atoms with van der Waals surface area (Å²) >= 11 is 1.42. The van der Waals surface area contributed by atoms with Gasteiger partial charge in [-0.3, -0.25) is 9.78 Å². The Balaban J connectivity index is 1.63. The second-order valence-electron chi connectivity index (χ2n) is 8.99. The average Bonchev–Trinajstić information content (AvgIpc) is 3.16. The lowest BCUT2D eigenvalue weighted by Crippen LogP contribution is -2.36. The van der Waals surface area contributed by atoms with E-state index < -0.39 is 0 Å². The number of nitrogens with two attached hydrogens (primary N) is 1. The molecule has 0 unspecified atom stereocenters. The second kappa shape index (κ2) is 10.5. The van der Waals surface area contributed by atoms with Crippen molar-refractivity contribution in [2.75, 3.05) is 32.0 Å². The fourth-order valence-electron chi connectivity index (χ4n) is 4.82. The minimum atomic E-state index is -0.243. The standard InChI is InChI=1S/C26H34N4O2S/c1-4-7-21(30-11-6-8-17(3)16-30)20(5-2)29-26(31)23-24-22(33-25(23)27)14-19(15-28-24)18-9-12-32-13-10-18/h4-5,7,14-15,17-18H,2,6,8-13,16,27H2,1,3H3,(H,29,31)/b7-4-,21-20-/t17-/m0/s1. The van der Waals surface area contributed by atoms with E-state index in [4.69, 9.17) is 10.5 Å². The molecule has 2 saturated heterocycles. The molecule has 2 aliphatic heterocycles. The van der Waals surface area contributed by atoms with Crippen molar-refractivity contribution in [1.82, 2.24) is 15.2 Å². The number of pyridine rings is 1. The number of anilines is 1. The molecule has 2 fully saturated rings. The van der Waals surface area contributed by atoms with Crippen LogP contribution in [0.2, 0.25) is 0 Å². The van der Waals surface area contributed by atoms with Crippen LogP contribution in [-0.2, 0) is 4.74 Å². The van der Waals surface area contributed by atoms with E-state index in [-0.39, 0.29) is 5.91 Å². The Kier molecular flexibility index (Phi) is 7.50. The van der Waals surface area contributed by atoms with E-state index >= 15 is 0 Å². The van der Waals surface area contributed by atoms with Crippen molar-refractivity contribution >= 4 is 32.5 Å². The van der Waals surface area contributed by atoms with Crippen LogP contribution in [0.4, 0.5) is 5.00 Å². The summed E-state index contributed by atoms with van der Waals surface area (Å²) in [6.07, 6.45) is 12.0. The molecule has 0 aliphatic carbocycles. The zero-order chi connectivity index (χ0) is 23.4. The van der Waals surface area contributed by atoms with Crippen LogP contribution in [0.3, 0.4) is 0 Å². The fourth-order valence-corrected chi connectivity index (χ4v) is 5.80. The molecule has 0 spiro atoms. The summed E-state index contributed by atoms with van der Waals surface area (Å²) < 4.78 is 6.43. The van der Waals surface area contributed by atoms with Crippen molar-refractivity contribution in [2.45, 2.75) is 45.4 Å². The number of allylic oxidation sites excluding steroid dienone is 3. The molecular formula is C26H34N4O2S. The first-order valence-corrected chi connectivity index (χ1v) is 12.6. The predicted molar refractivity (Wildman–Crippen MR) is 136 cm³/mol. The van der Waals surface area contributed by atoms with Crippen LogP contribution in [0.1, 0.15) is 61.4 Å². The van der Waals surface area contributed by atoms with Gasteiger partial charge in [-0.25, -0.2) is 0 Å². The number of aromatic nitrogens is 1. The summed E-state index contributed by atoms with van der Waals surface area (Å²) in [5.41, 5.74) is 10.3. The van der Waals surface area contributed by atoms with Gasteiger partial charge >= 0.3 is 0 Å². The van der Waals surface area contributed by atoms with Crippen molar-refractivity contribution in [3.8, 4) is 0 Å². The third-order valence-corrected chi connectivity index (χ3v) is 7.50. The van der Waals surface area contributed by atoms with E-state index in [1.54, 1.807) is 6.08 Å². The SMILES string of the molecule is C=C/C(NC(=O)c1c(N)sc2cc(C3CCOCC3)cnc12)=C(\C=C/C)N1CCC[C@H](C)C1. The monoisotopic (exact) mass is 466 g/mol. The molecule has 4 heterocycles. The number of fused-ring (bicyclic) bond motifs is 1. The second-order valence-corrected chi connectivity index (χ2v) is 10.1. The number of nitrogens with zero attached hydrogens (tertiary/aromatic N) is 2. The van der Waals surface area contributed by atoms with Crippen molar-refractivity contribution in [1.29, 1.82) is 0 Å². The van der Waals surface area contributed by atoms with Gasteiger partial charge < -0.3 is 20.7 Å². The third-order valence-electron chi connectivity index (χ3n) is 6.55. The van der Waals surface area contributed by atoms with Gasteiger partial charge in [0.15, 0.2) is 0 Å². The van der Waals surface area contributed by atoms with E-state index in [0.717, 1.165) is 56.0 Å². The first kappa shape index (κ1) is 23.5. The van der Waals surface area contributed by atoms with Gasteiger partial charge in [-0.1, -0.05) is 19.6 Å². The van der Waals surface area contributed by atoms with Crippen LogP contribution in [0.25, 0.3) is 10.2 Å². The zero-order valence-electron chi connectivity index (χ0n) is 19.6. The van der Waals surface area contributed by atoms with Crippen molar-refractivity contribution in [2.24, 2.45) is 5.92 Å². The molecule has 0 aromatic carbocycles. The molecule has 7 heteroatoms. The number of carbonyl (C=O) groups excluding carboxylic acids is 1. The summed E-state index contributed by atoms with van der Waals surface area (Å²) in [5, 5.41) is 3.56. The van der Waals surface area contributed by atoms with Crippen LogP contribution < -0.4 is 11.1 Å². The lowest BCUT2D eigenvalue weighted by Gasteiger charge is -2.34. The maximum Gasteiger partial charge on any atom is 0.260 e. The summed E-state index contributed by atoms with van der Waals surface area (Å²) in [6.45, 7) is 11.7. The van der Waals surface area contributed by atoms with E-state index in [1.807, 2.05) is 25.3 Å². The Morgan fingerprint density at radius 3 is 2.85 bits per heavy atom. The molecule has 1 atom stereocenters. The molecule has 0 saturated carbocycles. The van der Waals surface area contributed by atoms with Crippen molar-refractivity contribution in [3.63, 3.8) is 0 Å². The molecule has 4 rings (SSSR count). The quantitative estimate of drug-likeness (QED) is 0.572. The predicted octanol–water partition coefficient (Wildman–Crippen LogP) is 5.21. The smallest absolute Gasteiger partial charge is 0.260 e. The number of piperidine rings is 1. The van der Waals surface area contributed by atoms with Gasteiger partial charge in [0, 0.05) is 32.5 Å². The topological polar surface area (TPSA) is 80.5 Å². The number of thiophene rings is 1. The van der Waals surface area contributed by atoms with Gasteiger partial charge in [0.25, 0.3) is 5.91 Å². The van der Waals surface area contributed by atoms with E-state index in [0.29, 0.717) is 33.6 Å². The highest BCUT2D eigenvalue weighted by Crippen LogP contribution is 2.36. The highest BCUT2D eigenvalue weighted by molar-refractivity contribution is 7.23. The van der Waals surface area contributed by atoms with Gasteiger partial charge in [-0.05, 0) is 68.2 Å². The lowest BCUT2D eigenvalue weighted by atomic mass is 9.93. The largest absolute Gasteiger partial charge is 0.390 e. The number of hydrogen-bond donors (Lipinski definition) is 2. The van der Waals surface area contributed by atoms with E-state index in [9.17, 15) is 4.79 Å². The molecule has 2 aromatic heterocycles. The number of amides is 1. The summed E-state index contributed by atoms with van der Waals surface area (Å²) in [5.74, 6) is 0.820. The maximum absolute atomic E-state index is 13.4. The Morgan fingerprint density at radius 1 is 1.36 bits per heavy atom. The molecule has 3 N–H and O–H groups in total. The number of rotatable bonds is 6. The average molecular weight is 467 g/mol. The summed E-state index contributed by atoms with van der Waals surface area (Å²) in [6, 6.07) is 2.14. The molecule has 0 radical (unpaired) electrons. The first-order chi connectivity index (χ1) is 16.0. The van der Waals surface area contributed by atoms with Crippen LogP contribution in [0.5, 0.6) is 0 Å². The molecule has 2 aromatic rings. The maximum atomic E-state index is 13.4. The molecule has 176 valence electrons. The Hall–Kier alpha value is -2.64. The minimum Gasteiger partial charge on any atom is -0.390 e. The molecule has 33 heavy (non-hydrogen) atoms. The minimum absolute atomic E-state index is 0.243. The fraction of sp³-hybridized carbons (Fsp3) is 0.462. The van der Waals surface area contributed by atoms with Gasteiger partial charge in [-0.2, -0.15) is 0 Å². The Bertz CT molecular complexity index is 1080. The highest BCUT2D eigenvalue weighted by Gasteiger charge is 2.24. The molecular weight excluding hydrogens is 432 g/mol. The zero-order valence-corrected chi connectivity index (χ0v) is 20.4. The van der Waals surface area contributed by atoms with Crippen LogP contribution in [-0.4, -0.2) is 42.1 Å². The lowest BCUT2D eigenvalue weighted by molar-refractivity contribution is 0.0853. The van der Waals surface area contributed by atoms with Crippen molar-refractivity contribution < 1.29 is 9.53 Å². The van der Waals surface area contributed by atoms with E-state index in [2.05, 4.69) is 34.8 Å². The van der Waals surface area contributed by atoms with Gasteiger partial charge in [0.05, 0.1) is 21.6 Å². The summed E-state index contributed by atoms with van der Waals surface area (Å²) in [7, 11) is 0. The number of nitrogen functional groups attached to an aromatic ring is 1. The van der Waals surface area contributed by atoms with E-state index in [1.165, 1.54) is 23.3 Å².